The lowest BCUT2D eigenvalue weighted by Crippen LogP contribution is -2.28. The standard InChI is InChI=1S/C8H5Br3N2OS/c9-3-1-4(10)6(5(11)2-3)13-8(15)7(12)14/h1-2H,(H2,12,14)(H,13,15). The molecule has 0 atom stereocenters. The van der Waals surface area contributed by atoms with E-state index in [0.717, 1.165) is 13.4 Å². The van der Waals surface area contributed by atoms with E-state index in [0.29, 0.717) is 5.69 Å². The molecule has 0 aliphatic heterocycles. The highest BCUT2D eigenvalue weighted by Crippen LogP contribution is 2.34. The van der Waals surface area contributed by atoms with Crippen LogP contribution in [-0.4, -0.2) is 10.9 Å². The molecule has 0 saturated heterocycles. The zero-order valence-electron chi connectivity index (χ0n) is 7.18. The summed E-state index contributed by atoms with van der Waals surface area (Å²) in [6.45, 7) is 0. The predicted octanol–water partition coefficient (Wildman–Crippen LogP) is 3.20. The molecule has 0 heterocycles. The van der Waals surface area contributed by atoms with Crippen molar-refractivity contribution in [3.8, 4) is 0 Å². The molecule has 1 aromatic rings. The Balaban J connectivity index is 3.05. The van der Waals surface area contributed by atoms with E-state index in [1.165, 1.54) is 0 Å². The lowest BCUT2D eigenvalue weighted by Gasteiger charge is -2.10. The van der Waals surface area contributed by atoms with Crippen LogP contribution in [0.25, 0.3) is 0 Å². The van der Waals surface area contributed by atoms with Crippen molar-refractivity contribution in [2.45, 2.75) is 0 Å². The van der Waals surface area contributed by atoms with Gasteiger partial charge in [0.05, 0.1) is 5.69 Å². The highest BCUT2D eigenvalue weighted by atomic mass is 79.9. The summed E-state index contributed by atoms with van der Waals surface area (Å²) in [5.41, 5.74) is 5.70. The van der Waals surface area contributed by atoms with Gasteiger partial charge >= 0.3 is 0 Å². The Morgan fingerprint density at radius 2 is 1.73 bits per heavy atom. The van der Waals surface area contributed by atoms with Crippen LogP contribution in [0.4, 0.5) is 5.69 Å². The fourth-order valence-electron chi connectivity index (χ4n) is 0.837. The third-order valence-electron chi connectivity index (χ3n) is 1.47. The summed E-state index contributed by atoms with van der Waals surface area (Å²) >= 11 is 14.8. The van der Waals surface area contributed by atoms with E-state index < -0.39 is 5.91 Å². The van der Waals surface area contributed by atoms with Gasteiger partial charge in [0.1, 0.15) is 0 Å². The molecule has 1 amide bonds. The van der Waals surface area contributed by atoms with Gasteiger partial charge in [-0.3, -0.25) is 4.79 Å². The van der Waals surface area contributed by atoms with Crippen LogP contribution < -0.4 is 11.1 Å². The van der Waals surface area contributed by atoms with Crippen LogP contribution in [0.2, 0.25) is 0 Å². The summed E-state index contributed by atoms with van der Waals surface area (Å²) in [6, 6.07) is 3.66. The molecule has 0 aliphatic carbocycles. The van der Waals surface area contributed by atoms with Gasteiger partial charge in [0.15, 0.2) is 4.99 Å². The molecule has 0 spiro atoms. The summed E-state index contributed by atoms with van der Waals surface area (Å²) in [5.74, 6) is -0.660. The summed E-state index contributed by atoms with van der Waals surface area (Å²) in [7, 11) is 0. The Labute approximate surface area is 117 Å². The number of nitrogens with one attached hydrogen (secondary N) is 1. The molecular formula is C8H5Br3N2OS. The summed E-state index contributed by atoms with van der Waals surface area (Å²) in [5, 5.41) is 2.75. The van der Waals surface area contributed by atoms with Crippen molar-refractivity contribution in [1.29, 1.82) is 0 Å². The molecule has 0 bridgehead atoms. The van der Waals surface area contributed by atoms with Crippen molar-refractivity contribution >= 4 is 76.6 Å². The quantitative estimate of drug-likeness (QED) is 0.691. The van der Waals surface area contributed by atoms with Gasteiger partial charge in [-0.2, -0.15) is 0 Å². The van der Waals surface area contributed by atoms with Gasteiger partial charge < -0.3 is 11.1 Å². The largest absolute Gasteiger partial charge is 0.364 e. The van der Waals surface area contributed by atoms with E-state index in [1.54, 1.807) is 0 Å². The first-order chi connectivity index (χ1) is 6.91. The molecule has 0 fully saturated rings. The van der Waals surface area contributed by atoms with Crippen LogP contribution in [0.1, 0.15) is 0 Å². The molecule has 0 unspecified atom stereocenters. The number of anilines is 1. The number of thiocarbonyl (C=S) groups is 1. The number of nitrogens with two attached hydrogens (primary N) is 1. The number of benzene rings is 1. The van der Waals surface area contributed by atoms with Crippen molar-refractivity contribution in [3.05, 3.63) is 25.6 Å². The number of carbonyl (C=O) groups is 1. The van der Waals surface area contributed by atoms with E-state index in [1.807, 2.05) is 12.1 Å². The minimum absolute atomic E-state index is 0.0290. The maximum absolute atomic E-state index is 10.8. The summed E-state index contributed by atoms with van der Waals surface area (Å²) in [6.07, 6.45) is 0. The molecule has 1 rings (SSSR count). The summed E-state index contributed by atoms with van der Waals surface area (Å²) < 4.78 is 2.44. The number of hydrogen-bond donors (Lipinski definition) is 2. The molecule has 0 saturated carbocycles. The number of primary amides is 1. The van der Waals surface area contributed by atoms with Crippen LogP contribution in [-0.2, 0) is 4.79 Å². The van der Waals surface area contributed by atoms with Gasteiger partial charge in [0.25, 0.3) is 5.91 Å². The second-order valence-electron chi connectivity index (χ2n) is 2.56. The molecule has 3 N–H and O–H groups in total. The Morgan fingerprint density at radius 1 is 1.27 bits per heavy atom. The van der Waals surface area contributed by atoms with Crippen LogP contribution >= 0.6 is 60.0 Å². The average Bonchev–Trinajstić information content (AvgIpc) is 2.10. The molecule has 7 heteroatoms. The molecule has 0 aliphatic rings. The fourth-order valence-corrected chi connectivity index (χ4v) is 3.40. The minimum Gasteiger partial charge on any atom is -0.364 e. The molecule has 15 heavy (non-hydrogen) atoms. The van der Waals surface area contributed by atoms with E-state index in [2.05, 4.69) is 53.1 Å². The molecule has 1 aromatic carbocycles. The number of rotatable bonds is 1. The topological polar surface area (TPSA) is 55.1 Å². The van der Waals surface area contributed by atoms with E-state index in [4.69, 9.17) is 18.0 Å². The highest BCUT2D eigenvalue weighted by molar-refractivity contribution is 9.11. The monoisotopic (exact) mass is 414 g/mol. The lowest BCUT2D eigenvalue weighted by molar-refractivity contribution is -0.111. The molecular weight excluding hydrogens is 412 g/mol. The minimum atomic E-state index is -0.660. The van der Waals surface area contributed by atoms with Gasteiger partial charge in [-0.05, 0) is 44.0 Å². The third-order valence-corrected chi connectivity index (χ3v) is 3.48. The molecule has 80 valence electrons. The van der Waals surface area contributed by atoms with Gasteiger partial charge in [-0.25, -0.2) is 0 Å². The first kappa shape index (κ1) is 13.1. The smallest absolute Gasteiger partial charge is 0.276 e. The normalized spacial score (nSPS) is 9.80. The Morgan fingerprint density at radius 3 is 2.13 bits per heavy atom. The van der Waals surface area contributed by atoms with Gasteiger partial charge in [-0.1, -0.05) is 28.1 Å². The number of carbonyl (C=O) groups excluding carboxylic acids is 1. The molecule has 0 radical (unpaired) electrons. The van der Waals surface area contributed by atoms with Crippen molar-refractivity contribution in [3.63, 3.8) is 0 Å². The van der Waals surface area contributed by atoms with Crippen LogP contribution in [0.15, 0.2) is 25.6 Å². The molecule has 0 aromatic heterocycles. The van der Waals surface area contributed by atoms with E-state index in [9.17, 15) is 4.79 Å². The number of halogens is 3. The summed E-state index contributed by atoms with van der Waals surface area (Å²) in [4.78, 5) is 10.7. The molecule has 3 nitrogen and oxygen atoms in total. The maximum atomic E-state index is 10.8. The van der Waals surface area contributed by atoms with Crippen LogP contribution in [0, 0.1) is 0 Å². The number of amides is 1. The zero-order valence-corrected chi connectivity index (χ0v) is 12.8. The van der Waals surface area contributed by atoms with Gasteiger partial charge in [0.2, 0.25) is 0 Å². The van der Waals surface area contributed by atoms with Crippen molar-refractivity contribution < 1.29 is 4.79 Å². The van der Waals surface area contributed by atoms with Crippen molar-refractivity contribution in [1.82, 2.24) is 0 Å². The Kier molecular flexibility index (Phi) is 4.69. The van der Waals surface area contributed by atoms with Gasteiger partial charge in [0, 0.05) is 13.4 Å². The fraction of sp³-hybridized carbons (Fsp3) is 0. The predicted molar refractivity (Wildman–Crippen MR) is 75.0 cm³/mol. The maximum Gasteiger partial charge on any atom is 0.276 e. The first-order valence-corrected chi connectivity index (χ1v) is 6.46. The Bertz CT molecular complexity index is 413. The van der Waals surface area contributed by atoms with Crippen molar-refractivity contribution in [2.75, 3.05) is 5.32 Å². The number of hydrogen-bond acceptors (Lipinski definition) is 2. The lowest BCUT2D eigenvalue weighted by atomic mass is 10.3. The SMILES string of the molecule is NC(=O)C(=S)Nc1c(Br)cc(Br)cc1Br. The van der Waals surface area contributed by atoms with E-state index in [-0.39, 0.29) is 4.99 Å². The zero-order chi connectivity index (χ0) is 11.6. The third kappa shape index (κ3) is 3.51. The van der Waals surface area contributed by atoms with E-state index >= 15 is 0 Å². The van der Waals surface area contributed by atoms with Crippen molar-refractivity contribution in [2.24, 2.45) is 5.73 Å². The van der Waals surface area contributed by atoms with Crippen LogP contribution in [0.3, 0.4) is 0 Å². The average molecular weight is 417 g/mol. The van der Waals surface area contributed by atoms with Crippen LogP contribution in [0.5, 0.6) is 0 Å². The highest BCUT2D eigenvalue weighted by Gasteiger charge is 2.10. The first-order valence-electron chi connectivity index (χ1n) is 3.67. The second kappa shape index (κ2) is 5.38. The van der Waals surface area contributed by atoms with Gasteiger partial charge in [-0.15, -0.1) is 0 Å². The second-order valence-corrected chi connectivity index (χ2v) is 5.60. The Hall–Kier alpha value is 0.0200.